The first-order chi connectivity index (χ1) is 9.68. The molecule has 0 bridgehead atoms. The van der Waals surface area contributed by atoms with Gasteiger partial charge in [0.25, 0.3) is 0 Å². The summed E-state index contributed by atoms with van der Waals surface area (Å²) in [6, 6.07) is 3.93. The Morgan fingerprint density at radius 2 is 2.25 bits per heavy atom. The van der Waals surface area contributed by atoms with E-state index < -0.39 is 0 Å². The van der Waals surface area contributed by atoms with E-state index in [-0.39, 0.29) is 17.4 Å². The monoisotopic (exact) mass is 275 g/mol. The predicted octanol–water partition coefficient (Wildman–Crippen LogP) is 2.43. The van der Waals surface area contributed by atoms with Crippen molar-refractivity contribution in [1.29, 1.82) is 0 Å². The van der Waals surface area contributed by atoms with Gasteiger partial charge in [-0.25, -0.2) is 0 Å². The van der Waals surface area contributed by atoms with E-state index in [9.17, 15) is 4.79 Å². The number of hydrogen-bond acceptors (Lipinski definition) is 3. The third kappa shape index (κ3) is 3.37. The van der Waals surface area contributed by atoms with Crippen LogP contribution in [0.3, 0.4) is 0 Å². The van der Waals surface area contributed by atoms with Crippen molar-refractivity contribution in [2.45, 2.75) is 45.6 Å². The highest BCUT2D eigenvalue weighted by atomic mass is 16.2. The Kier molecular flexibility index (Phi) is 5.12. The number of amides is 1. The molecule has 0 spiro atoms. The summed E-state index contributed by atoms with van der Waals surface area (Å²) >= 11 is 0. The topological polar surface area (TPSA) is 54.0 Å². The molecule has 0 saturated carbocycles. The summed E-state index contributed by atoms with van der Waals surface area (Å²) in [7, 11) is 0. The quantitative estimate of drug-likeness (QED) is 0.867. The summed E-state index contributed by atoms with van der Waals surface area (Å²) in [4.78, 5) is 16.9. The third-order valence-corrected chi connectivity index (χ3v) is 4.30. The minimum absolute atomic E-state index is 0.0137. The Labute approximate surface area is 121 Å². The molecular formula is C16H25N3O. The summed E-state index contributed by atoms with van der Waals surface area (Å²) in [5, 5.41) is 6.53. The van der Waals surface area contributed by atoms with E-state index in [2.05, 4.69) is 22.5 Å². The van der Waals surface area contributed by atoms with Crippen LogP contribution in [0.4, 0.5) is 0 Å². The molecule has 1 aliphatic rings. The molecule has 1 aliphatic heterocycles. The lowest BCUT2D eigenvalue weighted by Gasteiger charge is -2.37. The fourth-order valence-corrected chi connectivity index (χ4v) is 3.04. The van der Waals surface area contributed by atoms with E-state index in [1.807, 2.05) is 25.3 Å². The number of hydrogen-bond donors (Lipinski definition) is 2. The maximum Gasteiger partial charge on any atom is 0.226 e. The minimum atomic E-state index is -0.184. The minimum Gasteiger partial charge on any atom is -0.349 e. The molecule has 1 aromatic heterocycles. The Morgan fingerprint density at radius 3 is 2.85 bits per heavy atom. The van der Waals surface area contributed by atoms with Crippen LogP contribution in [0.1, 0.15) is 51.1 Å². The molecule has 2 N–H and O–H groups in total. The number of aromatic nitrogens is 1. The van der Waals surface area contributed by atoms with Gasteiger partial charge in [-0.15, -0.1) is 0 Å². The average molecular weight is 275 g/mol. The van der Waals surface area contributed by atoms with E-state index in [4.69, 9.17) is 0 Å². The normalized spacial score (nSPS) is 19.3. The lowest BCUT2D eigenvalue weighted by Crippen LogP contribution is -2.48. The van der Waals surface area contributed by atoms with Crippen LogP contribution in [0.15, 0.2) is 24.5 Å². The lowest BCUT2D eigenvalue weighted by molar-refractivity contribution is -0.133. The van der Waals surface area contributed by atoms with E-state index in [1.54, 1.807) is 6.20 Å². The highest BCUT2D eigenvalue weighted by Gasteiger charge is 2.38. The van der Waals surface area contributed by atoms with Gasteiger partial charge in [0.15, 0.2) is 0 Å². The third-order valence-electron chi connectivity index (χ3n) is 4.30. The molecule has 110 valence electrons. The maximum absolute atomic E-state index is 12.7. The second-order valence-corrected chi connectivity index (χ2v) is 5.76. The maximum atomic E-state index is 12.7. The molecule has 20 heavy (non-hydrogen) atoms. The van der Waals surface area contributed by atoms with Crippen molar-refractivity contribution < 1.29 is 4.79 Å². The van der Waals surface area contributed by atoms with E-state index in [0.717, 1.165) is 44.3 Å². The van der Waals surface area contributed by atoms with Gasteiger partial charge in [-0.3, -0.25) is 9.78 Å². The molecule has 1 aromatic rings. The van der Waals surface area contributed by atoms with E-state index in [1.165, 1.54) is 0 Å². The summed E-state index contributed by atoms with van der Waals surface area (Å²) < 4.78 is 0. The highest BCUT2D eigenvalue weighted by Crippen LogP contribution is 2.35. The molecule has 1 amide bonds. The standard InChI is InChI=1S/C16H25N3O/c1-3-6-16(7-10-17-11-8-16)15(20)19-13(2)14-5-4-9-18-12-14/h4-5,9,12-13,17H,3,6-8,10-11H2,1-2H3,(H,19,20)/t13-/m1/s1. The van der Waals surface area contributed by atoms with Gasteiger partial charge in [-0.2, -0.15) is 0 Å². The van der Waals surface area contributed by atoms with Crippen molar-refractivity contribution in [3.05, 3.63) is 30.1 Å². The molecule has 0 unspecified atom stereocenters. The molecule has 0 radical (unpaired) electrons. The number of pyridine rings is 1. The average Bonchev–Trinajstić information content (AvgIpc) is 2.49. The van der Waals surface area contributed by atoms with E-state index >= 15 is 0 Å². The first-order valence-electron chi connectivity index (χ1n) is 7.59. The number of rotatable bonds is 5. The van der Waals surface area contributed by atoms with Gasteiger partial charge in [0.05, 0.1) is 11.5 Å². The molecule has 2 heterocycles. The Hall–Kier alpha value is -1.42. The summed E-state index contributed by atoms with van der Waals surface area (Å²) in [5.74, 6) is 0.206. The molecule has 1 fully saturated rings. The second-order valence-electron chi connectivity index (χ2n) is 5.76. The number of nitrogens with zero attached hydrogens (tertiary/aromatic N) is 1. The largest absolute Gasteiger partial charge is 0.349 e. The zero-order chi connectivity index (χ0) is 14.4. The number of piperidine rings is 1. The molecule has 1 atom stereocenters. The van der Waals surface area contributed by atoms with Crippen LogP contribution in [-0.4, -0.2) is 24.0 Å². The number of carbonyl (C=O) groups is 1. The van der Waals surface area contributed by atoms with Crippen LogP contribution >= 0.6 is 0 Å². The van der Waals surface area contributed by atoms with Crippen LogP contribution in [-0.2, 0) is 4.79 Å². The predicted molar refractivity (Wildman–Crippen MR) is 80.2 cm³/mol. The van der Waals surface area contributed by atoms with Crippen LogP contribution in [0.25, 0.3) is 0 Å². The van der Waals surface area contributed by atoms with Crippen LogP contribution in [0.5, 0.6) is 0 Å². The van der Waals surface area contributed by atoms with Gasteiger partial charge in [0.1, 0.15) is 0 Å². The van der Waals surface area contributed by atoms with Crippen molar-refractivity contribution >= 4 is 5.91 Å². The van der Waals surface area contributed by atoms with Crippen molar-refractivity contribution in [3.8, 4) is 0 Å². The van der Waals surface area contributed by atoms with Crippen LogP contribution in [0, 0.1) is 5.41 Å². The second kappa shape index (κ2) is 6.84. The molecule has 4 nitrogen and oxygen atoms in total. The number of carbonyl (C=O) groups excluding carboxylic acids is 1. The molecule has 1 saturated heterocycles. The van der Waals surface area contributed by atoms with Gasteiger partial charge in [-0.1, -0.05) is 19.4 Å². The molecule has 0 aromatic carbocycles. The fourth-order valence-electron chi connectivity index (χ4n) is 3.04. The van der Waals surface area contributed by atoms with Gasteiger partial charge >= 0.3 is 0 Å². The first kappa shape index (κ1) is 15.0. The molecule has 4 heteroatoms. The van der Waals surface area contributed by atoms with Crippen molar-refractivity contribution in [2.24, 2.45) is 5.41 Å². The molecular weight excluding hydrogens is 250 g/mol. The molecule has 0 aliphatic carbocycles. The summed E-state index contributed by atoms with van der Waals surface area (Å²) in [5.41, 5.74) is 0.873. The molecule has 2 rings (SSSR count). The van der Waals surface area contributed by atoms with Gasteiger partial charge < -0.3 is 10.6 Å². The Balaban J connectivity index is 2.05. The van der Waals surface area contributed by atoms with E-state index in [0.29, 0.717) is 0 Å². The summed E-state index contributed by atoms with van der Waals surface area (Å²) in [6.45, 7) is 6.06. The van der Waals surface area contributed by atoms with Gasteiger partial charge in [0.2, 0.25) is 5.91 Å². The van der Waals surface area contributed by atoms with Crippen molar-refractivity contribution in [2.75, 3.05) is 13.1 Å². The van der Waals surface area contributed by atoms with Crippen LogP contribution in [0.2, 0.25) is 0 Å². The zero-order valence-corrected chi connectivity index (χ0v) is 12.5. The Morgan fingerprint density at radius 1 is 1.50 bits per heavy atom. The fraction of sp³-hybridized carbons (Fsp3) is 0.625. The first-order valence-corrected chi connectivity index (χ1v) is 7.59. The smallest absolute Gasteiger partial charge is 0.226 e. The Bertz CT molecular complexity index is 421. The van der Waals surface area contributed by atoms with Gasteiger partial charge in [0, 0.05) is 12.4 Å². The van der Waals surface area contributed by atoms with Crippen LogP contribution < -0.4 is 10.6 Å². The SMILES string of the molecule is CCCC1(C(=O)N[C@H](C)c2cccnc2)CCNCC1. The summed E-state index contributed by atoms with van der Waals surface area (Å²) in [6.07, 6.45) is 7.47. The highest BCUT2D eigenvalue weighted by molar-refractivity contribution is 5.83. The number of nitrogens with one attached hydrogen (secondary N) is 2. The van der Waals surface area contributed by atoms with Crippen molar-refractivity contribution in [3.63, 3.8) is 0 Å². The lowest BCUT2D eigenvalue weighted by atomic mass is 9.74. The zero-order valence-electron chi connectivity index (χ0n) is 12.5. The van der Waals surface area contributed by atoms with Gasteiger partial charge in [-0.05, 0) is 50.9 Å². The van der Waals surface area contributed by atoms with Crippen molar-refractivity contribution in [1.82, 2.24) is 15.6 Å².